The van der Waals surface area contributed by atoms with Gasteiger partial charge in [-0.15, -0.1) is 24.8 Å². The van der Waals surface area contributed by atoms with Crippen molar-refractivity contribution >= 4 is 30.5 Å². The van der Waals surface area contributed by atoms with E-state index in [2.05, 4.69) is 15.9 Å². The summed E-state index contributed by atoms with van der Waals surface area (Å²) in [6.07, 6.45) is -4.29. The fourth-order valence-electron chi connectivity index (χ4n) is 3.16. The van der Waals surface area contributed by atoms with E-state index in [0.29, 0.717) is 12.1 Å². The maximum Gasteiger partial charge on any atom is 0.416 e. The van der Waals surface area contributed by atoms with E-state index in [1.807, 2.05) is 18.2 Å². The van der Waals surface area contributed by atoms with Crippen LogP contribution in [-0.2, 0) is 19.3 Å². The SMILES string of the molecule is Cl.Cl.Nc1cccc(CN2CCN(Cc3cccc(C(F)(F)F)c3)CC2)c1. The number of halogens is 5. The van der Waals surface area contributed by atoms with Gasteiger partial charge in [0.15, 0.2) is 0 Å². The van der Waals surface area contributed by atoms with Gasteiger partial charge in [-0.1, -0.05) is 30.3 Å². The first-order chi connectivity index (χ1) is 11.9. The Bertz CT molecular complexity index is 717. The normalized spacial score (nSPS) is 15.7. The van der Waals surface area contributed by atoms with Crippen molar-refractivity contribution in [1.29, 1.82) is 0 Å². The van der Waals surface area contributed by atoms with Crippen molar-refractivity contribution in [1.82, 2.24) is 9.80 Å². The van der Waals surface area contributed by atoms with E-state index < -0.39 is 11.7 Å². The Morgan fingerprint density at radius 2 is 1.26 bits per heavy atom. The molecule has 3 rings (SSSR count). The number of rotatable bonds is 4. The largest absolute Gasteiger partial charge is 0.416 e. The zero-order valence-electron chi connectivity index (χ0n) is 14.8. The van der Waals surface area contributed by atoms with E-state index in [4.69, 9.17) is 5.73 Å². The molecule has 8 heteroatoms. The van der Waals surface area contributed by atoms with Gasteiger partial charge in [0, 0.05) is 45.0 Å². The third-order valence-electron chi connectivity index (χ3n) is 4.48. The van der Waals surface area contributed by atoms with Gasteiger partial charge in [0.1, 0.15) is 0 Å². The number of nitrogens with two attached hydrogens (primary N) is 1. The molecule has 0 amide bonds. The first kappa shape index (κ1) is 23.6. The van der Waals surface area contributed by atoms with Crippen LogP contribution in [0.2, 0.25) is 0 Å². The van der Waals surface area contributed by atoms with Gasteiger partial charge in [0.2, 0.25) is 0 Å². The van der Waals surface area contributed by atoms with Crippen LogP contribution in [0.5, 0.6) is 0 Å². The Morgan fingerprint density at radius 3 is 1.74 bits per heavy atom. The quantitative estimate of drug-likeness (QED) is 0.740. The molecule has 0 bridgehead atoms. The minimum atomic E-state index is -4.29. The third kappa shape index (κ3) is 6.88. The van der Waals surface area contributed by atoms with Crippen LogP contribution in [0.1, 0.15) is 16.7 Å². The van der Waals surface area contributed by atoms with Gasteiger partial charge in [-0.2, -0.15) is 13.2 Å². The van der Waals surface area contributed by atoms with Crippen molar-refractivity contribution in [3.8, 4) is 0 Å². The molecule has 0 saturated carbocycles. The molecule has 1 fully saturated rings. The molecule has 1 aliphatic heterocycles. The molecule has 1 aliphatic rings. The van der Waals surface area contributed by atoms with Crippen LogP contribution in [0.25, 0.3) is 0 Å². The number of nitrogens with zero attached hydrogens (tertiary/aromatic N) is 2. The molecule has 0 aromatic heterocycles. The Labute approximate surface area is 170 Å². The van der Waals surface area contributed by atoms with Crippen LogP contribution in [0.4, 0.5) is 18.9 Å². The zero-order chi connectivity index (χ0) is 17.9. The standard InChI is InChI=1S/C19H22F3N3.2ClH/c20-19(21,22)17-5-1-3-15(11-17)13-24-7-9-25(10-8-24)14-16-4-2-6-18(23)12-16;;/h1-6,11-12H,7-10,13-14,23H2;2*1H. The van der Waals surface area contributed by atoms with Crippen molar-refractivity contribution in [2.45, 2.75) is 19.3 Å². The second-order valence-corrected chi connectivity index (χ2v) is 6.50. The molecule has 1 saturated heterocycles. The van der Waals surface area contributed by atoms with Gasteiger partial charge in [-0.25, -0.2) is 0 Å². The van der Waals surface area contributed by atoms with Gasteiger partial charge in [-0.05, 0) is 29.3 Å². The van der Waals surface area contributed by atoms with Crippen LogP contribution >= 0.6 is 24.8 Å². The molecule has 0 spiro atoms. The molecule has 27 heavy (non-hydrogen) atoms. The highest BCUT2D eigenvalue weighted by Crippen LogP contribution is 2.29. The first-order valence-corrected chi connectivity index (χ1v) is 8.35. The lowest BCUT2D eigenvalue weighted by molar-refractivity contribution is -0.137. The monoisotopic (exact) mass is 421 g/mol. The highest BCUT2D eigenvalue weighted by atomic mass is 35.5. The number of piperazine rings is 1. The number of benzene rings is 2. The average molecular weight is 422 g/mol. The highest BCUT2D eigenvalue weighted by Gasteiger charge is 2.30. The molecule has 3 nitrogen and oxygen atoms in total. The molecule has 0 atom stereocenters. The Kier molecular flexibility index (Phi) is 8.88. The molecule has 2 aromatic carbocycles. The van der Waals surface area contributed by atoms with E-state index in [0.717, 1.165) is 44.5 Å². The van der Waals surface area contributed by atoms with Crippen molar-refractivity contribution < 1.29 is 13.2 Å². The number of hydrogen-bond donors (Lipinski definition) is 1. The molecule has 150 valence electrons. The highest BCUT2D eigenvalue weighted by molar-refractivity contribution is 5.85. The van der Waals surface area contributed by atoms with Crippen molar-refractivity contribution in [2.24, 2.45) is 0 Å². The number of anilines is 1. The summed E-state index contributed by atoms with van der Waals surface area (Å²) in [6.45, 7) is 4.89. The van der Waals surface area contributed by atoms with Gasteiger partial charge >= 0.3 is 6.18 Å². The molecule has 0 radical (unpaired) electrons. The zero-order valence-corrected chi connectivity index (χ0v) is 16.4. The number of hydrogen-bond acceptors (Lipinski definition) is 3. The first-order valence-electron chi connectivity index (χ1n) is 8.35. The summed E-state index contributed by atoms with van der Waals surface area (Å²) in [5.74, 6) is 0. The van der Waals surface area contributed by atoms with E-state index in [9.17, 15) is 13.2 Å². The fraction of sp³-hybridized carbons (Fsp3) is 0.368. The van der Waals surface area contributed by atoms with E-state index in [1.54, 1.807) is 6.07 Å². The summed E-state index contributed by atoms with van der Waals surface area (Å²) in [5, 5.41) is 0. The molecule has 2 N–H and O–H groups in total. The molecule has 2 aromatic rings. The summed E-state index contributed by atoms with van der Waals surface area (Å²) in [7, 11) is 0. The molecular weight excluding hydrogens is 398 g/mol. The molecule has 1 heterocycles. The van der Waals surface area contributed by atoms with Crippen molar-refractivity contribution in [3.63, 3.8) is 0 Å². The van der Waals surface area contributed by atoms with Crippen LogP contribution < -0.4 is 5.73 Å². The van der Waals surface area contributed by atoms with Crippen LogP contribution in [-0.4, -0.2) is 36.0 Å². The van der Waals surface area contributed by atoms with Crippen LogP contribution in [0.3, 0.4) is 0 Å². The predicted octanol–water partition coefficient (Wildman–Crippen LogP) is 4.45. The minimum Gasteiger partial charge on any atom is -0.399 e. The fourth-order valence-corrected chi connectivity index (χ4v) is 3.16. The molecular formula is C19H24Cl2F3N3. The number of alkyl halides is 3. The van der Waals surface area contributed by atoms with Gasteiger partial charge in [0.05, 0.1) is 5.56 Å². The Morgan fingerprint density at radius 1 is 0.778 bits per heavy atom. The van der Waals surface area contributed by atoms with Crippen LogP contribution in [0.15, 0.2) is 48.5 Å². The summed E-state index contributed by atoms with van der Waals surface area (Å²) in [5.41, 5.74) is 7.89. The predicted molar refractivity (Wildman–Crippen MR) is 107 cm³/mol. The van der Waals surface area contributed by atoms with Crippen molar-refractivity contribution in [3.05, 3.63) is 65.2 Å². The molecule has 0 aliphatic carbocycles. The summed E-state index contributed by atoms with van der Waals surface area (Å²) in [4.78, 5) is 4.54. The lowest BCUT2D eigenvalue weighted by Gasteiger charge is -2.34. The second kappa shape index (κ2) is 10.2. The summed E-state index contributed by atoms with van der Waals surface area (Å²) >= 11 is 0. The Balaban J connectivity index is 0.00000182. The molecule has 0 unspecified atom stereocenters. The van der Waals surface area contributed by atoms with E-state index >= 15 is 0 Å². The van der Waals surface area contributed by atoms with Crippen molar-refractivity contribution in [2.75, 3.05) is 31.9 Å². The Hall–Kier alpha value is -1.47. The average Bonchev–Trinajstić information content (AvgIpc) is 2.56. The topological polar surface area (TPSA) is 32.5 Å². The summed E-state index contributed by atoms with van der Waals surface area (Å²) < 4.78 is 38.4. The van der Waals surface area contributed by atoms with Gasteiger partial charge < -0.3 is 5.73 Å². The van der Waals surface area contributed by atoms with Gasteiger partial charge in [0.25, 0.3) is 0 Å². The summed E-state index contributed by atoms with van der Waals surface area (Å²) in [6, 6.07) is 13.5. The second-order valence-electron chi connectivity index (χ2n) is 6.50. The van der Waals surface area contributed by atoms with E-state index in [-0.39, 0.29) is 24.8 Å². The maximum absolute atomic E-state index is 12.8. The third-order valence-corrected chi connectivity index (χ3v) is 4.48. The maximum atomic E-state index is 12.8. The minimum absolute atomic E-state index is 0. The lowest BCUT2D eigenvalue weighted by Crippen LogP contribution is -2.45. The lowest BCUT2D eigenvalue weighted by atomic mass is 10.1. The smallest absolute Gasteiger partial charge is 0.399 e. The number of nitrogen functional groups attached to an aromatic ring is 1. The van der Waals surface area contributed by atoms with E-state index in [1.165, 1.54) is 17.7 Å². The van der Waals surface area contributed by atoms with Gasteiger partial charge in [-0.3, -0.25) is 9.80 Å². The van der Waals surface area contributed by atoms with Crippen LogP contribution in [0, 0.1) is 0 Å².